The lowest BCUT2D eigenvalue weighted by Crippen LogP contribution is -2.25. The van der Waals surface area contributed by atoms with Gasteiger partial charge < -0.3 is 15.1 Å². The SMILES string of the molecule is CNC(=O)C1CC(=NO)c2c1n(C)c1ccccc21. The summed E-state index contributed by atoms with van der Waals surface area (Å²) in [6.07, 6.45) is 0.444. The zero-order valence-corrected chi connectivity index (χ0v) is 10.8. The van der Waals surface area contributed by atoms with Crippen LogP contribution in [0.4, 0.5) is 0 Å². The first-order valence-corrected chi connectivity index (χ1v) is 6.19. The maximum atomic E-state index is 12.0. The molecule has 2 aromatic rings. The van der Waals surface area contributed by atoms with E-state index in [9.17, 15) is 10.0 Å². The molecule has 1 aliphatic carbocycles. The monoisotopic (exact) mass is 257 g/mol. The highest BCUT2D eigenvalue weighted by Crippen LogP contribution is 2.39. The van der Waals surface area contributed by atoms with Gasteiger partial charge in [0.15, 0.2) is 0 Å². The molecular formula is C14H15N3O2. The Morgan fingerprint density at radius 1 is 1.47 bits per heavy atom. The quantitative estimate of drug-likeness (QED) is 0.602. The summed E-state index contributed by atoms with van der Waals surface area (Å²) in [4.78, 5) is 12.0. The van der Waals surface area contributed by atoms with E-state index in [1.54, 1.807) is 7.05 Å². The van der Waals surface area contributed by atoms with Crippen LogP contribution in [0.2, 0.25) is 0 Å². The highest BCUT2D eigenvalue weighted by molar-refractivity contribution is 6.17. The Morgan fingerprint density at radius 2 is 2.21 bits per heavy atom. The Balaban J connectivity index is 2.34. The number of carbonyl (C=O) groups excluding carboxylic acids is 1. The maximum Gasteiger partial charge on any atom is 0.229 e. The van der Waals surface area contributed by atoms with Crippen LogP contribution in [0.1, 0.15) is 23.6 Å². The second kappa shape index (κ2) is 4.12. The summed E-state index contributed by atoms with van der Waals surface area (Å²) in [5.74, 6) is -0.339. The molecule has 2 N–H and O–H groups in total. The molecule has 0 saturated carbocycles. The lowest BCUT2D eigenvalue weighted by atomic mass is 10.1. The third-order valence-electron chi connectivity index (χ3n) is 3.85. The van der Waals surface area contributed by atoms with E-state index < -0.39 is 0 Å². The van der Waals surface area contributed by atoms with Crippen molar-refractivity contribution in [3.05, 3.63) is 35.5 Å². The van der Waals surface area contributed by atoms with Gasteiger partial charge in [-0.2, -0.15) is 0 Å². The van der Waals surface area contributed by atoms with Gasteiger partial charge in [-0.05, 0) is 6.07 Å². The fourth-order valence-electron chi connectivity index (χ4n) is 3.00. The van der Waals surface area contributed by atoms with Gasteiger partial charge in [0, 0.05) is 42.7 Å². The van der Waals surface area contributed by atoms with Gasteiger partial charge in [-0.15, -0.1) is 0 Å². The number of amides is 1. The van der Waals surface area contributed by atoms with E-state index >= 15 is 0 Å². The number of nitrogens with zero attached hydrogens (tertiary/aromatic N) is 2. The van der Waals surface area contributed by atoms with Crippen molar-refractivity contribution in [3.8, 4) is 0 Å². The summed E-state index contributed by atoms with van der Waals surface area (Å²) in [6.45, 7) is 0. The summed E-state index contributed by atoms with van der Waals surface area (Å²) in [7, 11) is 3.57. The van der Waals surface area contributed by atoms with Crippen molar-refractivity contribution in [2.24, 2.45) is 12.2 Å². The number of benzene rings is 1. The molecule has 0 saturated heterocycles. The standard InChI is InChI=1S/C14H15N3O2/c1-15-14(18)9-7-10(16-19)12-8-5-3-4-6-11(8)17(2)13(9)12/h3-6,9,19H,7H2,1-2H3,(H,15,18). The lowest BCUT2D eigenvalue weighted by Gasteiger charge is -2.11. The van der Waals surface area contributed by atoms with E-state index in [4.69, 9.17) is 0 Å². The number of para-hydroxylation sites is 1. The summed E-state index contributed by atoms with van der Waals surface area (Å²) in [5, 5.41) is 16.3. The number of nitrogens with one attached hydrogen (secondary N) is 1. The highest BCUT2D eigenvalue weighted by atomic mass is 16.4. The number of hydrogen-bond donors (Lipinski definition) is 2. The van der Waals surface area contributed by atoms with Crippen LogP contribution in [0, 0.1) is 0 Å². The van der Waals surface area contributed by atoms with Crippen LogP contribution in [-0.2, 0) is 11.8 Å². The average Bonchev–Trinajstić information content (AvgIpc) is 2.96. The molecule has 98 valence electrons. The van der Waals surface area contributed by atoms with Crippen LogP contribution in [0.5, 0.6) is 0 Å². The molecule has 1 atom stereocenters. The third kappa shape index (κ3) is 1.47. The van der Waals surface area contributed by atoms with E-state index in [0.29, 0.717) is 12.1 Å². The second-order valence-corrected chi connectivity index (χ2v) is 4.75. The molecule has 0 aliphatic heterocycles. The molecule has 0 radical (unpaired) electrons. The molecule has 1 aliphatic rings. The number of aryl methyl sites for hydroxylation is 1. The van der Waals surface area contributed by atoms with Crippen LogP contribution in [-0.4, -0.2) is 28.4 Å². The van der Waals surface area contributed by atoms with Crippen molar-refractivity contribution in [2.45, 2.75) is 12.3 Å². The predicted molar refractivity (Wildman–Crippen MR) is 72.7 cm³/mol. The summed E-state index contributed by atoms with van der Waals surface area (Å²) < 4.78 is 2.02. The molecule has 1 heterocycles. The van der Waals surface area contributed by atoms with Gasteiger partial charge in [-0.25, -0.2) is 0 Å². The van der Waals surface area contributed by atoms with Crippen molar-refractivity contribution in [2.75, 3.05) is 7.05 Å². The van der Waals surface area contributed by atoms with Gasteiger partial charge in [-0.3, -0.25) is 4.79 Å². The second-order valence-electron chi connectivity index (χ2n) is 4.75. The summed E-state index contributed by atoms with van der Waals surface area (Å²) in [5.41, 5.74) is 3.45. The molecule has 1 unspecified atom stereocenters. The van der Waals surface area contributed by atoms with Crippen molar-refractivity contribution >= 4 is 22.5 Å². The Kier molecular flexibility index (Phi) is 2.55. The normalized spacial score (nSPS) is 19.9. The Morgan fingerprint density at radius 3 is 2.89 bits per heavy atom. The molecule has 1 aromatic carbocycles. The van der Waals surface area contributed by atoms with Crippen molar-refractivity contribution in [3.63, 3.8) is 0 Å². The fraction of sp³-hybridized carbons (Fsp3) is 0.286. The number of carbonyl (C=O) groups is 1. The van der Waals surface area contributed by atoms with Gasteiger partial charge in [0.2, 0.25) is 5.91 Å². The van der Waals surface area contributed by atoms with E-state index in [0.717, 1.165) is 22.2 Å². The first kappa shape index (κ1) is 11.8. The topological polar surface area (TPSA) is 66.6 Å². The number of rotatable bonds is 1. The van der Waals surface area contributed by atoms with Gasteiger partial charge in [0.1, 0.15) is 0 Å². The molecule has 1 amide bonds. The minimum atomic E-state index is -0.289. The number of likely N-dealkylation sites (N-methyl/N-ethyl adjacent to an activating group) is 1. The number of aromatic nitrogens is 1. The molecule has 3 rings (SSSR count). The van der Waals surface area contributed by atoms with Crippen LogP contribution in [0.3, 0.4) is 0 Å². The zero-order valence-electron chi connectivity index (χ0n) is 10.8. The largest absolute Gasteiger partial charge is 0.411 e. The summed E-state index contributed by atoms with van der Waals surface area (Å²) >= 11 is 0. The third-order valence-corrected chi connectivity index (χ3v) is 3.85. The average molecular weight is 257 g/mol. The molecule has 19 heavy (non-hydrogen) atoms. The van der Waals surface area contributed by atoms with Crippen molar-refractivity contribution in [1.29, 1.82) is 0 Å². The van der Waals surface area contributed by atoms with E-state index in [2.05, 4.69) is 10.5 Å². The molecule has 5 nitrogen and oxygen atoms in total. The molecule has 1 aromatic heterocycles. The first-order valence-electron chi connectivity index (χ1n) is 6.19. The molecular weight excluding hydrogens is 242 g/mol. The highest BCUT2D eigenvalue weighted by Gasteiger charge is 2.37. The Hall–Kier alpha value is -2.30. The number of fused-ring (bicyclic) bond motifs is 3. The molecule has 5 heteroatoms. The summed E-state index contributed by atoms with van der Waals surface area (Å²) in [6, 6.07) is 7.90. The fourth-order valence-corrected chi connectivity index (χ4v) is 3.00. The van der Waals surface area contributed by atoms with E-state index in [1.807, 2.05) is 35.9 Å². The minimum Gasteiger partial charge on any atom is -0.411 e. The zero-order chi connectivity index (χ0) is 13.6. The van der Waals surface area contributed by atoms with Crippen LogP contribution < -0.4 is 5.32 Å². The molecule has 0 bridgehead atoms. The van der Waals surface area contributed by atoms with Gasteiger partial charge in [0.25, 0.3) is 0 Å². The Bertz CT molecular complexity index is 700. The minimum absolute atomic E-state index is 0.0502. The maximum absolute atomic E-state index is 12.0. The van der Waals surface area contributed by atoms with Gasteiger partial charge >= 0.3 is 0 Å². The van der Waals surface area contributed by atoms with E-state index in [-0.39, 0.29) is 11.8 Å². The molecule has 0 fully saturated rings. The Labute approximate surface area is 110 Å². The number of oxime groups is 1. The lowest BCUT2D eigenvalue weighted by molar-refractivity contribution is -0.121. The van der Waals surface area contributed by atoms with Gasteiger partial charge in [-0.1, -0.05) is 23.4 Å². The van der Waals surface area contributed by atoms with Gasteiger partial charge in [0.05, 0.1) is 11.6 Å². The van der Waals surface area contributed by atoms with Crippen LogP contribution in [0.15, 0.2) is 29.4 Å². The van der Waals surface area contributed by atoms with Crippen molar-refractivity contribution < 1.29 is 10.0 Å². The first-order chi connectivity index (χ1) is 9.19. The smallest absolute Gasteiger partial charge is 0.229 e. The number of hydrogen-bond acceptors (Lipinski definition) is 3. The van der Waals surface area contributed by atoms with Crippen LogP contribution in [0.25, 0.3) is 10.9 Å². The van der Waals surface area contributed by atoms with Crippen LogP contribution >= 0.6 is 0 Å². The molecule has 0 spiro atoms. The van der Waals surface area contributed by atoms with Crippen molar-refractivity contribution in [1.82, 2.24) is 9.88 Å². The van der Waals surface area contributed by atoms with E-state index in [1.165, 1.54) is 0 Å². The predicted octanol–water partition coefficient (Wildman–Crippen LogP) is 1.59.